The number of nitrogens with zero attached hydrogens (tertiary/aromatic N) is 3. The topological polar surface area (TPSA) is 83.8 Å². The van der Waals surface area contributed by atoms with Crippen LogP contribution in [-0.4, -0.2) is 37.0 Å². The zero-order chi connectivity index (χ0) is 9.84. The molecule has 1 aromatic heterocycles. The number of aliphatic carboxylic acids is 1. The van der Waals surface area contributed by atoms with Crippen LogP contribution in [0.4, 0.5) is 0 Å². The predicted molar refractivity (Wildman–Crippen MR) is 50.0 cm³/mol. The Bertz CT molecular complexity index is 346. The molecular weight excluding hydrogens is 212 g/mol. The SMILES string of the molecule is CC(SCC(=O)O)n1[nH]nnc1=S. The molecule has 0 aliphatic heterocycles. The molecule has 2 N–H and O–H groups in total. The average Bonchev–Trinajstić information content (AvgIpc) is 2.47. The Kier molecular flexibility index (Phi) is 3.43. The maximum absolute atomic E-state index is 10.3. The molecule has 1 rings (SSSR count). The fourth-order valence-corrected chi connectivity index (χ4v) is 1.69. The summed E-state index contributed by atoms with van der Waals surface area (Å²) in [4.78, 5) is 10.3. The monoisotopic (exact) mass is 220 g/mol. The van der Waals surface area contributed by atoms with Crippen LogP contribution in [0.2, 0.25) is 0 Å². The molecule has 0 fully saturated rings. The van der Waals surface area contributed by atoms with Gasteiger partial charge in [-0.05, 0) is 19.1 Å². The van der Waals surface area contributed by atoms with Crippen molar-refractivity contribution in [1.82, 2.24) is 20.2 Å². The molecule has 0 amide bonds. The summed E-state index contributed by atoms with van der Waals surface area (Å²) < 4.78 is 1.86. The van der Waals surface area contributed by atoms with Gasteiger partial charge in [0, 0.05) is 0 Å². The van der Waals surface area contributed by atoms with E-state index in [-0.39, 0.29) is 11.1 Å². The third-order valence-corrected chi connectivity index (χ3v) is 2.69. The van der Waals surface area contributed by atoms with Crippen LogP contribution in [0.5, 0.6) is 0 Å². The zero-order valence-electron chi connectivity index (χ0n) is 6.80. The molecule has 0 bridgehead atoms. The Morgan fingerprint density at radius 1 is 1.92 bits per heavy atom. The summed E-state index contributed by atoms with van der Waals surface area (Å²) >= 11 is 6.08. The average molecular weight is 220 g/mol. The highest BCUT2D eigenvalue weighted by Gasteiger charge is 2.09. The largest absolute Gasteiger partial charge is 0.481 e. The molecule has 13 heavy (non-hydrogen) atoms. The van der Waals surface area contributed by atoms with E-state index in [0.717, 1.165) is 0 Å². The molecule has 0 aliphatic carbocycles. The second-order valence-corrected chi connectivity index (χ2v) is 3.93. The molecule has 1 aromatic rings. The van der Waals surface area contributed by atoms with Gasteiger partial charge < -0.3 is 5.11 Å². The van der Waals surface area contributed by atoms with E-state index in [1.54, 1.807) is 0 Å². The molecular formula is C5H8N4O2S2. The van der Waals surface area contributed by atoms with E-state index in [0.29, 0.717) is 4.77 Å². The van der Waals surface area contributed by atoms with Crippen molar-refractivity contribution in [2.75, 3.05) is 5.75 Å². The number of H-pyrrole nitrogens is 1. The van der Waals surface area contributed by atoms with Crippen LogP contribution >= 0.6 is 24.0 Å². The van der Waals surface area contributed by atoms with Gasteiger partial charge >= 0.3 is 5.97 Å². The normalized spacial score (nSPS) is 12.7. The molecule has 72 valence electrons. The summed E-state index contributed by atoms with van der Waals surface area (Å²) in [5.74, 6) is -0.821. The van der Waals surface area contributed by atoms with Gasteiger partial charge in [0.25, 0.3) is 0 Å². The van der Waals surface area contributed by atoms with Gasteiger partial charge in [-0.15, -0.1) is 11.8 Å². The van der Waals surface area contributed by atoms with Crippen LogP contribution < -0.4 is 0 Å². The third kappa shape index (κ3) is 2.81. The minimum absolute atomic E-state index is 0.0297. The van der Waals surface area contributed by atoms with E-state index in [9.17, 15) is 4.79 Å². The van der Waals surface area contributed by atoms with Crippen molar-refractivity contribution in [3.05, 3.63) is 4.77 Å². The summed E-state index contributed by atoms with van der Waals surface area (Å²) in [6.07, 6.45) is 0. The number of aromatic amines is 1. The lowest BCUT2D eigenvalue weighted by Crippen LogP contribution is -2.07. The Morgan fingerprint density at radius 3 is 3.08 bits per heavy atom. The lowest BCUT2D eigenvalue weighted by atomic mass is 10.7. The number of hydrogen-bond donors (Lipinski definition) is 2. The van der Waals surface area contributed by atoms with Crippen LogP contribution in [0, 0.1) is 4.77 Å². The van der Waals surface area contributed by atoms with E-state index in [1.165, 1.54) is 16.4 Å². The van der Waals surface area contributed by atoms with Crippen molar-refractivity contribution in [2.45, 2.75) is 12.3 Å². The number of rotatable bonds is 4. The Labute approximate surface area is 83.3 Å². The third-order valence-electron chi connectivity index (χ3n) is 1.31. The first-order valence-corrected chi connectivity index (χ1v) is 4.90. The van der Waals surface area contributed by atoms with Gasteiger partial charge in [0.05, 0.1) is 11.1 Å². The highest BCUT2D eigenvalue weighted by Crippen LogP contribution is 2.19. The summed E-state index contributed by atoms with van der Waals surface area (Å²) in [6, 6.07) is 0. The van der Waals surface area contributed by atoms with Crippen molar-refractivity contribution in [2.24, 2.45) is 0 Å². The molecule has 0 spiro atoms. The maximum atomic E-state index is 10.3. The molecule has 0 aliphatic rings. The zero-order valence-corrected chi connectivity index (χ0v) is 8.43. The van der Waals surface area contributed by atoms with E-state index in [4.69, 9.17) is 17.3 Å². The summed E-state index contributed by atoms with van der Waals surface area (Å²) in [7, 11) is 0. The number of carboxylic acid groups (broad SMARTS) is 1. The highest BCUT2D eigenvalue weighted by molar-refractivity contribution is 7.99. The lowest BCUT2D eigenvalue weighted by Gasteiger charge is -2.08. The van der Waals surface area contributed by atoms with Crippen molar-refractivity contribution in [3.63, 3.8) is 0 Å². The first-order chi connectivity index (χ1) is 6.11. The lowest BCUT2D eigenvalue weighted by molar-refractivity contribution is -0.133. The number of hydrogen-bond acceptors (Lipinski definition) is 5. The Balaban J connectivity index is 2.59. The van der Waals surface area contributed by atoms with Gasteiger partial charge in [-0.1, -0.05) is 10.3 Å². The first-order valence-electron chi connectivity index (χ1n) is 3.44. The van der Waals surface area contributed by atoms with Gasteiger partial charge in [0.1, 0.15) is 0 Å². The van der Waals surface area contributed by atoms with Crippen molar-refractivity contribution >= 4 is 29.9 Å². The predicted octanol–water partition coefficient (Wildman–Crippen LogP) is 0.672. The second-order valence-electron chi connectivity index (χ2n) is 2.26. The highest BCUT2D eigenvalue weighted by atomic mass is 32.2. The Morgan fingerprint density at radius 2 is 2.62 bits per heavy atom. The molecule has 0 aromatic carbocycles. The van der Waals surface area contributed by atoms with Crippen LogP contribution in [0.15, 0.2) is 0 Å². The molecule has 0 saturated carbocycles. The van der Waals surface area contributed by atoms with Crippen LogP contribution in [0.25, 0.3) is 0 Å². The van der Waals surface area contributed by atoms with Gasteiger partial charge in [-0.3, -0.25) is 4.79 Å². The summed E-state index contributed by atoms with van der Waals surface area (Å²) in [6.45, 7) is 1.82. The number of carbonyl (C=O) groups is 1. The fraction of sp³-hybridized carbons (Fsp3) is 0.600. The number of nitrogens with one attached hydrogen (secondary N) is 1. The minimum atomic E-state index is -0.851. The van der Waals surface area contributed by atoms with Crippen molar-refractivity contribution < 1.29 is 9.90 Å². The van der Waals surface area contributed by atoms with E-state index >= 15 is 0 Å². The molecule has 6 nitrogen and oxygen atoms in total. The van der Waals surface area contributed by atoms with Crippen LogP contribution in [-0.2, 0) is 4.79 Å². The van der Waals surface area contributed by atoms with Crippen LogP contribution in [0.3, 0.4) is 0 Å². The molecule has 8 heteroatoms. The molecule has 1 unspecified atom stereocenters. The van der Waals surface area contributed by atoms with Gasteiger partial charge in [-0.2, -0.15) is 5.21 Å². The first kappa shape index (κ1) is 10.2. The Hall–Kier alpha value is -0.890. The van der Waals surface area contributed by atoms with E-state index in [1.807, 2.05) is 6.92 Å². The van der Waals surface area contributed by atoms with Gasteiger partial charge in [0.15, 0.2) is 0 Å². The molecule has 1 atom stereocenters. The molecule has 1 heterocycles. The maximum Gasteiger partial charge on any atom is 0.313 e. The van der Waals surface area contributed by atoms with Crippen molar-refractivity contribution in [1.29, 1.82) is 0 Å². The number of aromatic nitrogens is 4. The quantitative estimate of drug-likeness (QED) is 0.726. The standard InChI is InChI=1S/C5H8N4O2S2/c1-3(13-2-4(10)11)9-5(12)6-7-8-9/h3H,2H2,1H3,(H,10,11)(H,6,8,12). The van der Waals surface area contributed by atoms with Crippen molar-refractivity contribution in [3.8, 4) is 0 Å². The number of carboxylic acids is 1. The summed E-state index contributed by atoms with van der Waals surface area (Å²) in [5, 5.41) is 18.0. The van der Waals surface area contributed by atoms with E-state index < -0.39 is 5.97 Å². The second kappa shape index (κ2) is 4.38. The van der Waals surface area contributed by atoms with Crippen LogP contribution in [0.1, 0.15) is 12.3 Å². The molecule has 0 saturated heterocycles. The number of thioether (sulfide) groups is 1. The molecule has 0 radical (unpaired) electrons. The summed E-state index contributed by atoms with van der Waals surface area (Å²) in [5.41, 5.74) is 0. The van der Waals surface area contributed by atoms with Gasteiger partial charge in [-0.25, -0.2) is 4.68 Å². The fourth-order valence-electron chi connectivity index (χ4n) is 0.708. The van der Waals surface area contributed by atoms with Gasteiger partial charge in [0.2, 0.25) is 4.77 Å². The number of tetrazole rings is 1. The smallest absolute Gasteiger partial charge is 0.313 e. The minimum Gasteiger partial charge on any atom is -0.481 e. The van der Waals surface area contributed by atoms with E-state index in [2.05, 4.69) is 15.5 Å².